The molecule has 4 heterocycles. The molecule has 2 unspecified atom stereocenters. The van der Waals surface area contributed by atoms with Gasteiger partial charge in [0.1, 0.15) is 24.0 Å². The summed E-state index contributed by atoms with van der Waals surface area (Å²) in [7, 11) is 0. The lowest BCUT2D eigenvalue weighted by Crippen LogP contribution is -2.58. The van der Waals surface area contributed by atoms with Crippen LogP contribution in [0.4, 0.5) is 5.69 Å². The van der Waals surface area contributed by atoms with Crippen molar-refractivity contribution >= 4 is 46.2 Å². The second kappa shape index (κ2) is 11.8. The number of amides is 3. The first-order chi connectivity index (χ1) is 20.8. The molecule has 43 heavy (non-hydrogen) atoms. The highest BCUT2D eigenvalue weighted by molar-refractivity contribution is 8.02. The van der Waals surface area contributed by atoms with Gasteiger partial charge in [-0.3, -0.25) is 14.4 Å². The van der Waals surface area contributed by atoms with Crippen LogP contribution in [0.15, 0.2) is 48.5 Å². The molecular weight excluding hydrogens is 568 g/mol. The van der Waals surface area contributed by atoms with Gasteiger partial charge in [-0.25, -0.2) is 4.68 Å². The number of likely N-dealkylation sites (tertiary alicyclic amines) is 1. The van der Waals surface area contributed by atoms with Crippen LogP contribution in [0.3, 0.4) is 0 Å². The normalized spacial score (nSPS) is 27.3. The number of carbonyl (C=O) groups excluding carboxylic acids is 3. The van der Waals surface area contributed by atoms with Gasteiger partial charge in [-0.05, 0) is 62.1 Å². The largest absolute Gasteiger partial charge is 0.494 e. The predicted octanol–water partition coefficient (Wildman–Crippen LogP) is 3.04. The summed E-state index contributed by atoms with van der Waals surface area (Å²) < 4.78 is 6.37. The lowest BCUT2D eigenvalue weighted by Gasteiger charge is -2.39. The fourth-order valence-corrected chi connectivity index (χ4v) is 9.38. The second-order valence-electron chi connectivity index (χ2n) is 11.7. The van der Waals surface area contributed by atoms with Gasteiger partial charge in [0, 0.05) is 10.9 Å². The molecule has 3 fully saturated rings. The van der Waals surface area contributed by atoms with Gasteiger partial charge in [0.05, 0.1) is 41.4 Å². The first-order valence-electron chi connectivity index (χ1n) is 15.0. The molecule has 11 nitrogen and oxygen atoms in total. The summed E-state index contributed by atoms with van der Waals surface area (Å²) in [4.78, 5) is 44.0. The molecule has 3 aliphatic rings. The molecular formula is C31H38N6O5S. The van der Waals surface area contributed by atoms with Crippen molar-refractivity contribution in [2.24, 2.45) is 17.8 Å². The minimum atomic E-state index is -0.829. The molecule has 1 aromatic heterocycles. The van der Waals surface area contributed by atoms with Crippen LogP contribution in [-0.4, -0.2) is 78.0 Å². The number of rotatable bonds is 11. The molecule has 228 valence electrons. The number of fused-ring (bicyclic) bond motifs is 2. The summed E-state index contributed by atoms with van der Waals surface area (Å²) >= 11 is 1.60. The molecule has 2 bridgehead atoms. The van der Waals surface area contributed by atoms with E-state index in [2.05, 4.69) is 20.9 Å². The Labute approximate surface area is 254 Å². The molecule has 6 rings (SSSR count). The number of carbonyl (C=O) groups is 3. The Balaban J connectivity index is 1.29. The molecule has 3 aromatic rings. The Kier molecular flexibility index (Phi) is 8.08. The van der Waals surface area contributed by atoms with Crippen LogP contribution in [0.5, 0.6) is 5.75 Å². The van der Waals surface area contributed by atoms with Gasteiger partial charge in [0.15, 0.2) is 0 Å². The van der Waals surface area contributed by atoms with E-state index in [0.29, 0.717) is 24.5 Å². The van der Waals surface area contributed by atoms with Crippen molar-refractivity contribution < 1.29 is 24.2 Å². The molecule has 3 N–H and O–H groups in total. The number of nitrogens with one attached hydrogen (secondary N) is 2. The van der Waals surface area contributed by atoms with Crippen LogP contribution in [-0.2, 0) is 21.1 Å². The van der Waals surface area contributed by atoms with Crippen LogP contribution in [0.25, 0.3) is 11.0 Å². The molecule has 3 saturated heterocycles. The molecule has 1 spiro atoms. The summed E-state index contributed by atoms with van der Waals surface area (Å²) in [5, 5.41) is 24.8. The molecule has 3 amide bonds. The molecule has 0 radical (unpaired) electrons. The lowest BCUT2D eigenvalue weighted by molar-refractivity contribution is -0.143. The Morgan fingerprint density at radius 3 is 2.65 bits per heavy atom. The zero-order chi connectivity index (χ0) is 30.3. The maximum absolute atomic E-state index is 14.4. The topological polar surface area (TPSA) is 139 Å². The van der Waals surface area contributed by atoms with Gasteiger partial charge in [0.2, 0.25) is 17.7 Å². The number of hydrogen-bond donors (Lipinski definition) is 3. The van der Waals surface area contributed by atoms with Gasteiger partial charge in [-0.2, -0.15) is 0 Å². The number of aliphatic hydroxyl groups excluding tert-OH is 1. The van der Waals surface area contributed by atoms with Crippen molar-refractivity contribution in [3.05, 3.63) is 48.5 Å². The highest BCUT2D eigenvalue weighted by Crippen LogP contribution is 2.66. The third kappa shape index (κ3) is 4.94. The highest BCUT2D eigenvalue weighted by atomic mass is 32.2. The summed E-state index contributed by atoms with van der Waals surface area (Å²) in [6, 6.07) is 13.3. The van der Waals surface area contributed by atoms with Crippen molar-refractivity contribution in [1.82, 2.24) is 25.2 Å². The Hall–Kier alpha value is -3.64. The SMILES string of the molecule is CCOc1ccc(NC(=O)[C@@H]2[C@H]3C(=O)N([C@@H](CO)[C@@H](C)CC)C(C(=O)NCn4nnc5ccccc54)C34CC[C@H]2S4)cc1. The van der Waals surface area contributed by atoms with Gasteiger partial charge in [0.25, 0.3) is 0 Å². The minimum Gasteiger partial charge on any atom is -0.494 e. The number of nitrogens with zero attached hydrogens (tertiary/aromatic N) is 4. The monoisotopic (exact) mass is 606 g/mol. The third-order valence-electron chi connectivity index (χ3n) is 9.39. The van der Waals surface area contributed by atoms with E-state index in [0.717, 1.165) is 23.9 Å². The number of hydrogen-bond acceptors (Lipinski definition) is 8. The van der Waals surface area contributed by atoms with E-state index >= 15 is 0 Å². The van der Waals surface area contributed by atoms with Crippen molar-refractivity contribution in [3.63, 3.8) is 0 Å². The van der Waals surface area contributed by atoms with E-state index in [1.807, 2.05) is 45.0 Å². The number of aliphatic hydroxyl groups is 1. The van der Waals surface area contributed by atoms with Crippen LogP contribution in [0.2, 0.25) is 0 Å². The maximum atomic E-state index is 14.4. The number of ether oxygens (including phenoxy) is 1. The average Bonchev–Trinajstić information content (AvgIpc) is 3.77. The van der Waals surface area contributed by atoms with Crippen molar-refractivity contribution in [2.45, 2.75) is 68.8 Å². The Bertz CT molecular complexity index is 1510. The summed E-state index contributed by atoms with van der Waals surface area (Å²) in [6.07, 6.45) is 2.10. The van der Waals surface area contributed by atoms with Crippen molar-refractivity contribution in [1.29, 1.82) is 0 Å². The first-order valence-corrected chi connectivity index (χ1v) is 15.9. The molecule has 2 aromatic carbocycles. The Morgan fingerprint density at radius 2 is 1.93 bits per heavy atom. The quantitative estimate of drug-likeness (QED) is 0.303. The van der Waals surface area contributed by atoms with Gasteiger partial charge in [-0.1, -0.05) is 37.6 Å². The first kappa shape index (κ1) is 29.4. The zero-order valence-electron chi connectivity index (χ0n) is 24.6. The zero-order valence-corrected chi connectivity index (χ0v) is 25.4. The maximum Gasteiger partial charge on any atom is 0.245 e. The lowest BCUT2D eigenvalue weighted by atomic mass is 9.70. The summed E-state index contributed by atoms with van der Waals surface area (Å²) in [5.41, 5.74) is 2.13. The van der Waals surface area contributed by atoms with Crippen LogP contribution in [0.1, 0.15) is 40.0 Å². The fourth-order valence-electron chi connectivity index (χ4n) is 7.17. The Morgan fingerprint density at radius 1 is 1.16 bits per heavy atom. The second-order valence-corrected chi connectivity index (χ2v) is 13.3. The van der Waals surface area contributed by atoms with Crippen LogP contribution >= 0.6 is 11.8 Å². The minimum absolute atomic E-state index is 0.0444. The van der Waals surface area contributed by atoms with Crippen molar-refractivity contribution in [2.75, 3.05) is 18.5 Å². The third-order valence-corrected chi connectivity index (χ3v) is 11.3. The van der Waals surface area contributed by atoms with E-state index in [4.69, 9.17) is 4.74 Å². The summed E-state index contributed by atoms with van der Waals surface area (Å²) in [6.45, 7) is 6.26. The smallest absolute Gasteiger partial charge is 0.245 e. The van der Waals surface area contributed by atoms with Crippen LogP contribution < -0.4 is 15.4 Å². The number of thioether (sulfide) groups is 1. The van der Waals surface area contributed by atoms with E-state index in [9.17, 15) is 19.5 Å². The highest BCUT2D eigenvalue weighted by Gasteiger charge is 2.74. The molecule has 3 aliphatic heterocycles. The van der Waals surface area contributed by atoms with Crippen molar-refractivity contribution in [3.8, 4) is 5.75 Å². The van der Waals surface area contributed by atoms with E-state index in [1.165, 1.54) is 0 Å². The van der Waals surface area contributed by atoms with Gasteiger partial charge in [-0.15, -0.1) is 16.9 Å². The predicted molar refractivity (Wildman–Crippen MR) is 163 cm³/mol. The van der Waals surface area contributed by atoms with Crippen LogP contribution in [0, 0.1) is 17.8 Å². The van der Waals surface area contributed by atoms with E-state index in [-0.39, 0.29) is 42.2 Å². The van der Waals surface area contributed by atoms with E-state index < -0.39 is 28.7 Å². The number of aromatic nitrogens is 3. The summed E-state index contributed by atoms with van der Waals surface area (Å²) in [5.74, 6) is -1.35. The number of para-hydroxylation sites is 1. The standard InChI is InChI=1S/C31H38N6O5S/c1-4-18(3)23(16-38)37-27(29(40)32-17-36-22-9-7-6-8-21(22)34-35-36)31-15-14-24(43-31)25(26(31)30(37)41)28(39)33-19-10-12-20(13-11-19)42-5-2/h6-13,18,23-27,38H,4-5,14-17H2,1-3H3,(H,32,40)(H,33,39)/t18-,23-,24+,25-,26-,27?,31?/m0/s1. The molecule has 0 saturated carbocycles. The van der Waals surface area contributed by atoms with E-state index in [1.54, 1.807) is 45.6 Å². The molecule has 12 heteroatoms. The number of anilines is 1. The fraction of sp³-hybridized carbons (Fsp3) is 0.516. The number of benzene rings is 2. The van der Waals surface area contributed by atoms with Gasteiger partial charge < -0.3 is 25.4 Å². The molecule has 0 aliphatic carbocycles. The average molecular weight is 607 g/mol. The molecule has 7 atom stereocenters. The van der Waals surface area contributed by atoms with Gasteiger partial charge >= 0.3 is 0 Å².